The Hall–Kier alpha value is -3.50. The van der Waals surface area contributed by atoms with Crippen LogP contribution in [0.2, 0.25) is 0 Å². The lowest BCUT2D eigenvalue weighted by Gasteiger charge is -2.26. The monoisotopic (exact) mass is 455 g/mol. The number of rotatable bonds is 6. The lowest BCUT2D eigenvalue weighted by Crippen LogP contribution is -2.34. The first-order valence-corrected chi connectivity index (χ1v) is 12.0. The minimum Gasteiger partial charge on any atom is -0.478 e. The Labute approximate surface area is 200 Å². The van der Waals surface area contributed by atoms with Gasteiger partial charge in [0.2, 0.25) is 5.88 Å². The van der Waals surface area contributed by atoms with E-state index in [-0.39, 0.29) is 5.91 Å². The molecule has 0 spiro atoms. The molecule has 34 heavy (non-hydrogen) atoms. The molecule has 0 saturated carbocycles. The number of amides is 1. The van der Waals surface area contributed by atoms with E-state index >= 15 is 0 Å². The molecule has 5 rings (SSSR count). The number of likely N-dealkylation sites (N-methyl/N-ethyl adjacent to an activating group) is 1. The van der Waals surface area contributed by atoms with Crippen LogP contribution < -0.4 is 9.64 Å². The highest BCUT2D eigenvalue weighted by molar-refractivity contribution is 6.13. The Balaban J connectivity index is 1.34. The Bertz CT molecular complexity index is 1260. The second-order valence-electron chi connectivity index (χ2n) is 9.34. The quantitative estimate of drug-likeness (QED) is 0.515. The standard InChI is InChI=1S/C27H29N5O2/c1-27(18-28)25-21-15-19(7-9-22(21)29-17-23(25)31(2)26(27)33)20-8-10-24(30-16-20)34-14-6-13-32-11-4-3-5-12-32/h7-10,15-17H,3-6,11-14H2,1-2H3. The van der Waals surface area contributed by atoms with Gasteiger partial charge in [-0.2, -0.15) is 5.26 Å². The van der Waals surface area contributed by atoms with Crippen molar-refractivity contribution in [3.63, 3.8) is 0 Å². The Morgan fingerprint density at radius 3 is 2.62 bits per heavy atom. The third-order valence-electron chi connectivity index (χ3n) is 7.05. The number of piperidine rings is 1. The summed E-state index contributed by atoms with van der Waals surface area (Å²) in [6.45, 7) is 5.82. The van der Waals surface area contributed by atoms with E-state index < -0.39 is 5.41 Å². The molecule has 0 bridgehead atoms. The van der Waals surface area contributed by atoms with Crippen molar-refractivity contribution in [2.75, 3.05) is 38.2 Å². The summed E-state index contributed by atoms with van der Waals surface area (Å²) in [5, 5.41) is 10.7. The molecule has 1 fully saturated rings. The van der Waals surface area contributed by atoms with E-state index in [4.69, 9.17) is 4.74 Å². The highest BCUT2D eigenvalue weighted by Gasteiger charge is 2.48. The number of hydrogen-bond acceptors (Lipinski definition) is 6. The van der Waals surface area contributed by atoms with Crippen LogP contribution in [0.3, 0.4) is 0 Å². The van der Waals surface area contributed by atoms with Crippen molar-refractivity contribution in [1.29, 1.82) is 5.26 Å². The molecule has 3 aromatic rings. The van der Waals surface area contributed by atoms with Crippen molar-refractivity contribution in [2.24, 2.45) is 0 Å². The molecule has 1 aromatic carbocycles. The van der Waals surface area contributed by atoms with Crippen molar-refractivity contribution in [2.45, 2.75) is 38.0 Å². The number of nitrogens with zero attached hydrogens (tertiary/aromatic N) is 5. The lowest BCUT2D eigenvalue weighted by atomic mass is 9.83. The average molecular weight is 456 g/mol. The smallest absolute Gasteiger partial charge is 0.251 e. The molecular weight excluding hydrogens is 426 g/mol. The first-order valence-electron chi connectivity index (χ1n) is 12.0. The highest BCUT2D eigenvalue weighted by atomic mass is 16.5. The van der Waals surface area contributed by atoms with Crippen molar-refractivity contribution in [1.82, 2.24) is 14.9 Å². The Morgan fingerprint density at radius 1 is 1.09 bits per heavy atom. The van der Waals surface area contributed by atoms with Gasteiger partial charge in [-0.15, -0.1) is 0 Å². The second-order valence-corrected chi connectivity index (χ2v) is 9.34. The molecule has 4 heterocycles. The lowest BCUT2D eigenvalue weighted by molar-refractivity contribution is -0.120. The molecule has 7 heteroatoms. The molecule has 7 nitrogen and oxygen atoms in total. The molecular formula is C27H29N5O2. The van der Waals surface area contributed by atoms with Gasteiger partial charge in [0.25, 0.3) is 5.91 Å². The summed E-state index contributed by atoms with van der Waals surface area (Å²) in [7, 11) is 1.69. The van der Waals surface area contributed by atoms with Crippen LogP contribution in [0.25, 0.3) is 22.0 Å². The maximum absolute atomic E-state index is 12.8. The van der Waals surface area contributed by atoms with Crippen LogP contribution in [0.15, 0.2) is 42.7 Å². The molecule has 0 N–H and O–H groups in total. The van der Waals surface area contributed by atoms with Crippen LogP contribution in [0.5, 0.6) is 5.88 Å². The minimum absolute atomic E-state index is 0.229. The number of carbonyl (C=O) groups is 1. The van der Waals surface area contributed by atoms with Gasteiger partial charge in [-0.3, -0.25) is 9.78 Å². The fourth-order valence-corrected chi connectivity index (χ4v) is 5.08. The van der Waals surface area contributed by atoms with E-state index in [0.717, 1.165) is 40.6 Å². The Morgan fingerprint density at radius 2 is 1.88 bits per heavy atom. The van der Waals surface area contributed by atoms with Crippen molar-refractivity contribution in [3.8, 4) is 23.1 Å². The number of hydrogen-bond donors (Lipinski definition) is 0. The molecule has 1 unspecified atom stereocenters. The Kier molecular flexibility index (Phi) is 5.93. The summed E-state index contributed by atoms with van der Waals surface area (Å²) >= 11 is 0. The molecule has 1 saturated heterocycles. The van der Waals surface area contributed by atoms with Crippen molar-refractivity contribution < 1.29 is 9.53 Å². The molecule has 174 valence electrons. The maximum Gasteiger partial charge on any atom is 0.251 e. The molecule has 0 aliphatic carbocycles. The zero-order chi connectivity index (χ0) is 23.7. The molecule has 2 aliphatic heterocycles. The zero-order valence-electron chi connectivity index (χ0n) is 19.8. The fourth-order valence-electron chi connectivity index (χ4n) is 5.08. The number of carbonyl (C=O) groups excluding carboxylic acids is 1. The average Bonchev–Trinajstić information content (AvgIpc) is 3.09. The summed E-state index contributed by atoms with van der Waals surface area (Å²) in [5.41, 5.74) is 2.83. The summed E-state index contributed by atoms with van der Waals surface area (Å²) in [6, 6.07) is 12.0. The summed E-state index contributed by atoms with van der Waals surface area (Å²) in [4.78, 5) is 25.8. The minimum atomic E-state index is -1.23. The first-order chi connectivity index (χ1) is 16.5. The number of fused-ring (bicyclic) bond motifs is 3. The van der Waals surface area contributed by atoms with Crippen LogP contribution in [0.4, 0.5) is 5.69 Å². The molecule has 1 amide bonds. The van der Waals surface area contributed by atoms with Gasteiger partial charge in [0.1, 0.15) is 0 Å². The van der Waals surface area contributed by atoms with E-state index in [9.17, 15) is 10.1 Å². The van der Waals surface area contributed by atoms with Gasteiger partial charge < -0.3 is 14.5 Å². The predicted molar refractivity (Wildman–Crippen MR) is 132 cm³/mol. The van der Waals surface area contributed by atoms with Gasteiger partial charge >= 0.3 is 0 Å². The third kappa shape index (κ3) is 3.88. The van der Waals surface area contributed by atoms with Gasteiger partial charge in [-0.05, 0) is 63.0 Å². The van der Waals surface area contributed by atoms with Gasteiger partial charge in [0.05, 0.1) is 30.1 Å². The van der Waals surface area contributed by atoms with Crippen LogP contribution in [-0.4, -0.2) is 54.1 Å². The maximum atomic E-state index is 12.8. The van der Waals surface area contributed by atoms with Gasteiger partial charge in [0, 0.05) is 42.4 Å². The summed E-state index contributed by atoms with van der Waals surface area (Å²) < 4.78 is 5.86. The van der Waals surface area contributed by atoms with E-state index in [2.05, 4.69) is 20.9 Å². The first kappa shape index (κ1) is 22.3. The van der Waals surface area contributed by atoms with Gasteiger partial charge in [-0.25, -0.2) is 4.98 Å². The number of nitriles is 1. The van der Waals surface area contributed by atoms with Crippen LogP contribution in [0, 0.1) is 11.3 Å². The van der Waals surface area contributed by atoms with Crippen LogP contribution in [-0.2, 0) is 10.2 Å². The number of anilines is 1. The molecule has 1 atom stereocenters. The number of aromatic nitrogens is 2. The second kappa shape index (κ2) is 9.03. The topological polar surface area (TPSA) is 82.3 Å². The van der Waals surface area contributed by atoms with Crippen LogP contribution >= 0.6 is 0 Å². The normalized spacial score (nSPS) is 20.4. The van der Waals surface area contributed by atoms with Gasteiger partial charge in [0.15, 0.2) is 5.41 Å². The van der Waals surface area contributed by atoms with E-state index in [1.165, 1.54) is 37.3 Å². The van der Waals surface area contributed by atoms with Crippen molar-refractivity contribution in [3.05, 3.63) is 48.3 Å². The fraction of sp³-hybridized carbons (Fsp3) is 0.407. The largest absolute Gasteiger partial charge is 0.478 e. The number of likely N-dealkylation sites (tertiary alicyclic amines) is 1. The highest BCUT2D eigenvalue weighted by Crippen LogP contribution is 2.44. The molecule has 0 radical (unpaired) electrons. The SMILES string of the molecule is CN1C(=O)C(C)(C#N)c2c1cnc1ccc(-c3ccc(OCCCN4CCCCC4)nc3)cc21. The predicted octanol–water partition coefficient (Wildman–Crippen LogP) is 4.31. The van der Waals surface area contributed by atoms with Crippen LogP contribution in [0.1, 0.15) is 38.2 Å². The summed E-state index contributed by atoms with van der Waals surface area (Å²) in [5.74, 6) is 0.392. The molecule has 2 aliphatic rings. The van der Waals surface area contributed by atoms with E-state index in [1.807, 2.05) is 30.3 Å². The zero-order valence-corrected chi connectivity index (χ0v) is 19.8. The van der Waals surface area contributed by atoms with Crippen molar-refractivity contribution >= 4 is 22.5 Å². The van der Waals surface area contributed by atoms with E-state index in [1.54, 1.807) is 26.4 Å². The van der Waals surface area contributed by atoms with E-state index in [0.29, 0.717) is 18.2 Å². The number of ether oxygens (including phenoxy) is 1. The number of pyridine rings is 2. The van der Waals surface area contributed by atoms with Gasteiger partial charge in [-0.1, -0.05) is 12.5 Å². The molecule has 2 aromatic heterocycles. The third-order valence-corrected chi connectivity index (χ3v) is 7.05. The number of benzene rings is 1. The summed E-state index contributed by atoms with van der Waals surface area (Å²) in [6.07, 6.45) is 8.44.